The number of alkyl carbamates (subject to hydrolysis) is 2. The molecule has 8 aromatic rings. The lowest BCUT2D eigenvalue weighted by molar-refractivity contribution is -0.193. The molecule has 1 aliphatic heterocycles. The molecule has 0 aromatic carbocycles. The van der Waals surface area contributed by atoms with Gasteiger partial charge in [0.25, 0.3) is 0 Å². The van der Waals surface area contributed by atoms with E-state index in [4.69, 9.17) is 60.8 Å². The van der Waals surface area contributed by atoms with Crippen molar-refractivity contribution in [3.63, 3.8) is 0 Å². The molecule has 656 valence electrons. The number of amides is 2. The maximum absolute atomic E-state index is 11.8. The normalized spacial score (nSPS) is 20.2. The third kappa shape index (κ3) is 32.5. The van der Waals surface area contributed by atoms with Crippen LogP contribution in [-0.2, 0) is 51.3 Å². The van der Waals surface area contributed by atoms with Crippen LogP contribution >= 0.6 is 56.9 Å². The number of hydrogen-bond acceptors (Lipinski definition) is 28. The van der Waals surface area contributed by atoms with Gasteiger partial charge in [0.1, 0.15) is 79.3 Å². The summed E-state index contributed by atoms with van der Waals surface area (Å²) in [6.07, 6.45) is 17.3. The number of nitrogens with one attached hydrogen (secondary N) is 3. The summed E-state index contributed by atoms with van der Waals surface area (Å²) < 4.78 is 92.7. The van der Waals surface area contributed by atoms with Crippen molar-refractivity contribution in [2.24, 2.45) is 5.73 Å². The number of nitrogens with zero attached hydrogens (tertiary/aromatic N) is 12. The highest BCUT2D eigenvalue weighted by Gasteiger charge is 2.39. The van der Waals surface area contributed by atoms with Gasteiger partial charge in [0.05, 0.1) is 22.3 Å². The first-order valence-corrected chi connectivity index (χ1v) is 43.1. The number of ether oxygens (including phenoxy) is 5. The maximum atomic E-state index is 11.8. The van der Waals surface area contributed by atoms with Gasteiger partial charge in [0, 0.05) is 75.2 Å². The quantitative estimate of drug-likeness (QED) is 0.0310. The Morgan fingerprint density at radius 2 is 0.822 bits per heavy atom. The van der Waals surface area contributed by atoms with E-state index in [1.807, 2.05) is 47.6 Å². The molecule has 4 fully saturated rings. The minimum Gasteiger partial charge on any atom is -0.475 e. The number of nitrogens with two attached hydrogens (primary N) is 1. The second kappa shape index (κ2) is 46.0. The third-order valence-electron chi connectivity index (χ3n) is 19.8. The molecule has 2 amide bonds. The molecule has 8 aromatic heterocycles. The first kappa shape index (κ1) is 97.7. The molecule has 0 radical (unpaired) electrons. The van der Waals surface area contributed by atoms with Crippen molar-refractivity contribution < 1.29 is 84.5 Å². The number of carbonyl (C=O) groups excluding carboxylic acids is 2. The number of aliphatic hydroxyl groups excluding tert-OH is 1. The highest BCUT2D eigenvalue weighted by Crippen LogP contribution is 2.40. The fraction of sp³-hybridized carbons (Fsp3) is 0.646. The van der Waals surface area contributed by atoms with Crippen LogP contribution in [-0.4, -0.2) is 254 Å². The van der Waals surface area contributed by atoms with E-state index in [1.54, 1.807) is 64.3 Å². The van der Waals surface area contributed by atoms with E-state index in [0.717, 1.165) is 165 Å². The highest BCUT2D eigenvalue weighted by atomic mass is 35.5. The lowest BCUT2D eigenvalue weighted by Crippen LogP contribution is -2.35. The Labute approximate surface area is 706 Å². The Bertz CT molecular complexity index is 4410. The van der Waals surface area contributed by atoms with Gasteiger partial charge in [-0.1, -0.05) is 11.6 Å². The number of rotatable bonds is 18. The number of thiophene rings is 4. The molecule has 0 unspecified atom stereocenters. The standard InChI is InChI=1S/C21H32N4O3S.C17H24N4OS.C16H24N4OS.C13H16ClN3O2S.C8H17NO.2C2HF3O2/c1-21(2,3)28-20(26)22-11-10-16-12-17-18(23-13-24-19(17)29-16)27-15-8-6-14(7-9-15)25(4)5;1-21(2)11-3-5-12(6-4-11)22-16-15-13-9-18-8-7-14(13)23-17(15)20-10-19-16;1-20(2)11-3-5-12(6-4-11)21-15-14-9-13(7-8-17)22-16(14)19-10-18-15;1-13(2,3)19-12(18)15-5-4-8-6-9-10(14)16-7-17-11(9)20-8;1-9(2)7-3-5-8(10)6-4-7;2*3-2(4,5)1(6)7/h12-15H,6-11H2,1-5H3,(H,22,26);10-12,18H,3-9H2,1-2H3;9-12H,3-8,17H2,1-2H3;6-7H,4-5H2,1-3H3,(H,15,18);7-8,10H,3-6H2,1-2H3;2*(H,6,7). The van der Waals surface area contributed by atoms with Crippen molar-refractivity contribution >= 4 is 122 Å². The minimum absolute atomic E-state index is 0.0174. The van der Waals surface area contributed by atoms with Crippen molar-refractivity contribution in [3.05, 3.63) is 73.7 Å². The summed E-state index contributed by atoms with van der Waals surface area (Å²) in [5.74, 6) is -3.31. The van der Waals surface area contributed by atoms with E-state index in [9.17, 15) is 41.0 Å². The number of hydrogen-bond donors (Lipinski definition) is 7. The maximum Gasteiger partial charge on any atom is 0.490 e. The molecule has 4 aliphatic carbocycles. The number of carboxylic acid groups (broad SMARTS) is 2. The number of halogens is 7. The summed E-state index contributed by atoms with van der Waals surface area (Å²) in [7, 11) is 17.2. The van der Waals surface area contributed by atoms with E-state index in [1.165, 1.54) is 47.3 Å². The summed E-state index contributed by atoms with van der Waals surface area (Å²) in [6.45, 7) is 14.7. The second-order valence-corrected chi connectivity index (χ2v) is 36.9. The fourth-order valence-electron chi connectivity index (χ4n) is 13.5. The monoisotopic (exact) mass is 1760 g/mol. The van der Waals surface area contributed by atoms with E-state index in [2.05, 4.69) is 144 Å². The number of aliphatic carboxylic acids is 2. The summed E-state index contributed by atoms with van der Waals surface area (Å²) in [5.41, 5.74) is 6.03. The Morgan fingerprint density at radius 1 is 0.492 bits per heavy atom. The van der Waals surface area contributed by atoms with Gasteiger partial charge >= 0.3 is 36.5 Å². The van der Waals surface area contributed by atoms with Crippen LogP contribution in [0.4, 0.5) is 35.9 Å². The first-order valence-electron chi connectivity index (χ1n) is 39.4. The van der Waals surface area contributed by atoms with Crippen molar-refractivity contribution in [2.45, 2.75) is 249 Å². The molecular formula is C79H115ClF6N16O12S4. The van der Waals surface area contributed by atoms with Gasteiger partial charge in [-0.2, -0.15) is 26.3 Å². The molecule has 0 spiro atoms. The van der Waals surface area contributed by atoms with Crippen molar-refractivity contribution in [2.75, 3.05) is 82.6 Å². The van der Waals surface area contributed by atoms with Gasteiger partial charge in [-0.05, 0) is 257 Å². The van der Waals surface area contributed by atoms with Crippen LogP contribution in [0, 0.1) is 0 Å². The molecule has 118 heavy (non-hydrogen) atoms. The van der Waals surface area contributed by atoms with Crippen LogP contribution in [0.3, 0.4) is 0 Å². The number of alkyl halides is 6. The van der Waals surface area contributed by atoms with Gasteiger partial charge in [0.15, 0.2) is 0 Å². The van der Waals surface area contributed by atoms with E-state index in [0.29, 0.717) is 67.7 Å². The second-order valence-electron chi connectivity index (χ2n) is 32.1. The Morgan fingerprint density at radius 3 is 1.18 bits per heavy atom. The number of aliphatic hydroxyl groups is 1. The summed E-state index contributed by atoms with van der Waals surface area (Å²) in [5, 5.41) is 36.9. The predicted molar refractivity (Wildman–Crippen MR) is 449 cm³/mol. The summed E-state index contributed by atoms with van der Waals surface area (Å²) in [4.78, 5) is 93.6. The van der Waals surface area contributed by atoms with Crippen LogP contribution in [0.1, 0.15) is 169 Å². The van der Waals surface area contributed by atoms with E-state index >= 15 is 0 Å². The van der Waals surface area contributed by atoms with Crippen molar-refractivity contribution in [1.82, 2.24) is 75.4 Å². The zero-order valence-corrected chi connectivity index (χ0v) is 73.6. The van der Waals surface area contributed by atoms with Crippen LogP contribution in [0.25, 0.3) is 40.9 Å². The average Bonchev–Trinajstić information content (AvgIpc) is 1.62. The number of aromatic nitrogens is 8. The van der Waals surface area contributed by atoms with Crippen LogP contribution < -0.4 is 35.9 Å². The van der Waals surface area contributed by atoms with E-state index in [-0.39, 0.29) is 24.4 Å². The van der Waals surface area contributed by atoms with Crippen LogP contribution in [0.5, 0.6) is 17.6 Å². The molecule has 13 rings (SSSR count). The smallest absolute Gasteiger partial charge is 0.475 e. The molecule has 5 aliphatic rings. The average molecular weight is 1760 g/mol. The molecule has 0 bridgehead atoms. The number of carboxylic acids is 2. The number of carbonyl (C=O) groups is 4. The lowest BCUT2D eigenvalue weighted by Gasteiger charge is -2.32. The Hall–Kier alpha value is -7.37. The zero-order chi connectivity index (χ0) is 86.8. The van der Waals surface area contributed by atoms with Gasteiger partial charge < -0.3 is 80.3 Å². The summed E-state index contributed by atoms with van der Waals surface area (Å²) >= 11 is 12.6. The molecule has 4 saturated carbocycles. The van der Waals surface area contributed by atoms with Gasteiger partial charge in [-0.25, -0.2) is 59.0 Å². The third-order valence-corrected chi connectivity index (χ3v) is 24.6. The Balaban J connectivity index is 0.000000199. The van der Waals surface area contributed by atoms with Crippen molar-refractivity contribution in [3.8, 4) is 17.6 Å². The molecule has 28 nitrogen and oxygen atoms in total. The zero-order valence-electron chi connectivity index (χ0n) is 69.6. The topological polar surface area (TPSA) is 353 Å². The molecular weight excluding hydrogens is 1640 g/mol. The molecule has 0 atom stereocenters. The van der Waals surface area contributed by atoms with E-state index < -0.39 is 47.7 Å². The minimum atomic E-state index is -5.08. The largest absolute Gasteiger partial charge is 0.490 e. The fourth-order valence-corrected chi connectivity index (χ4v) is 17.9. The molecule has 39 heteroatoms. The predicted octanol–water partition coefficient (Wildman–Crippen LogP) is 14.6. The summed E-state index contributed by atoms with van der Waals surface area (Å²) in [6, 6.07) is 8.90. The molecule has 9 heterocycles. The lowest BCUT2D eigenvalue weighted by atomic mass is 9.92. The van der Waals surface area contributed by atoms with Gasteiger partial charge in [-0.3, -0.25) is 0 Å². The molecule has 8 N–H and O–H groups in total. The SMILES string of the molecule is CC(C)(C)OC(=O)NCCc1cc2c(Cl)ncnc2s1.CN(C)C1CCC(O)CC1.CN(C)C1CCC(Oc2ncnc3sc(CCN)cc23)CC1.CN(C)C1CCC(Oc2ncnc3sc(CCNC(=O)OC(C)(C)C)cc23)CC1.CN(C)C1CCC(Oc2ncnc3sc4c(c23)CNCC4)CC1.O=C(O)C(F)(F)F.O=C(O)C(F)(F)F. The van der Waals surface area contributed by atoms with Crippen molar-refractivity contribution in [1.29, 1.82) is 0 Å². The Kier molecular flexibility index (Phi) is 38.1. The highest BCUT2D eigenvalue weighted by molar-refractivity contribution is 7.19. The van der Waals surface area contributed by atoms with Crippen LogP contribution in [0.15, 0.2) is 43.5 Å². The van der Waals surface area contributed by atoms with Gasteiger partial charge in [-0.15, -0.1) is 45.3 Å². The molecule has 0 saturated heterocycles. The van der Waals surface area contributed by atoms with Crippen LogP contribution in [0.2, 0.25) is 5.15 Å². The first-order chi connectivity index (χ1) is 55.5. The van der Waals surface area contributed by atoms with Gasteiger partial charge in [0.2, 0.25) is 17.6 Å². The number of fused-ring (bicyclic) bond motifs is 6.